The second kappa shape index (κ2) is 9.66. The summed E-state index contributed by atoms with van der Waals surface area (Å²) in [6, 6.07) is 0. The molecule has 0 bridgehead atoms. The summed E-state index contributed by atoms with van der Waals surface area (Å²) in [4.78, 5) is 4.65. The molecule has 0 aliphatic carbocycles. The normalized spacial score (nSPS) is 15.5. The summed E-state index contributed by atoms with van der Waals surface area (Å²) >= 11 is 0. The van der Waals surface area contributed by atoms with Crippen LogP contribution in [0.5, 0.6) is 0 Å². The molecule has 0 fully saturated rings. The second-order valence-electron chi connectivity index (χ2n) is 5.60. The Morgan fingerprint density at radius 3 is 2.05 bits per heavy atom. The first-order valence-electron chi connectivity index (χ1n) is 7.09. The zero-order valence-corrected chi connectivity index (χ0v) is 13.6. The molecular formula is C14H33N3O2. The molecule has 116 valence electrons. The number of rotatable bonds is 11. The Labute approximate surface area is 119 Å². The molecule has 0 amide bonds. The average Bonchev–Trinajstić information content (AvgIpc) is 2.40. The van der Waals surface area contributed by atoms with Crippen molar-refractivity contribution in [3.63, 3.8) is 0 Å². The van der Waals surface area contributed by atoms with Crippen LogP contribution in [0.25, 0.3) is 0 Å². The molecule has 0 saturated heterocycles. The highest BCUT2D eigenvalue weighted by Crippen LogP contribution is 2.22. The number of nitrogens with two attached hydrogens (primary N) is 1. The quantitative estimate of drug-likeness (QED) is 0.570. The number of methoxy groups -OCH3 is 2. The van der Waals surface area contributed by atoms with Gasteiger partial charge in [0.2, 0.25) is 0 Å². The van der Waals surface area contributed by atoms with Gasteiger partial charge in [-0.3, -0.25) is 4.90 Å². The Morgan fingerprint density at radius 2 is 1.68 bits per heavy atom. The van der Waals surface area contributed by atoms with Crippen molar-refractivity contribution >= 4 is 0 Å². The van der Waals surface area contributed by atoms with Crippen LogP contribution < -0.4 is 5.73 Å². The van der Waals surface area contributed by atoms with Crippen LogP contribution in [0.15, 0.2) is 0 Å². The second-order valence-corrected chi connectivity index (χ2v) is 5.60. The molecule has 5 heteroatoms. The molecule has 0 spiro atoms. The fraction of sp³-hybridized carbons (Fsp3) is 1.00. The van der Waals surface area contributed by atoms with Gasteiger partial charge < -0.3 is 20.1 Å². The van der Waals surface area contributed by atoms with Crippen LogP contribution in [0.3, 0.4) is 0 Å². The molecule has 0 radical (unpaired) electrons. The van der Waals surface area contributed by atoms with Crippen molar-refractivity contribution in [3.8, 4) is 0 Å². The van der Waals surface area contributed by atoms with E-state index in [-0.39, 0.29) is 11.8 Å². The lowest BCUT2D eigenvalue weighted by atomic mass is 9.94. The van der Waals surface area contributed by atoms with Crippen LogP contribution in [-0.4, -0.2) is 76.1 Å². The van der Waals surface area contributed by atoms with Crippen molar-refractivity contribution in [2.45, 2.75) is 38.5 Å². The van der Waals surface area contributed by atoms with Gasteiger partial charge in [0.25, 0.3) is 0 Å². The smallest absolute Gasteiger partial charge is 0.158 e. The summed E-state index contributed by atoms with van der Waals surface area (Å²) in [6.07, 6.45) is 1.70. The van der Waals surface area contributed by atoms with E-state index >= 15 is 0 Å². The van der Waals surface area contributed by atoms with Crippen molar-refractivity contribution < 1.29 is 9.47 Å². The minimum atomic E-state index is -0.202. The van der Waals surface area contributed by atoms with E-state index in [2.05, 4.69) is 37.7 Å². The van der Waals surface area contributed by atoms with Gasteiger partial charge in [0.05, 0.1) is 0 Å². The minimum Gasteiger partial charge on any atom is -0.356 e. The molecule has 0 heterocycles. The highest BCUT2D eigenvalue weighted by Gasteiger charge is 2.33. The Balaban J connectivity index is 4.76. The summed E-state index contributed by atoms with van der Waals surface area (Å²) in [7, 11) is 7.54. The molecule has 1 atom stereocenters. The van der Waals surface area contributed by atoms with E-state index in [9.17, 15) is 0 Å². The van der Waals surface area contributed by atoms with Gasteiger partial charge in [-0.2, -0.15) is 0 Å². The molecule has 0 rings (SSSR count). The van der Waals surface area contributed by atoms with Crippen molar-refractivity contribution in [1.29, 1.82) is 0 Å². The Morgan fingerprint density at radius 1 is 1.11 bits per heavy atom. The average molecular weight is 275 g/mol. The molecule has 5 nitrogen and oxygen atoms in total. The SMILES string of the molecule is CCCN(CCN(C)C)C(C)(CN)CC(OC)OC. The van der Waals surface area contributed by atoms with Crippen LogP contribution in [0.2, 0.25) is 0 Å². The fourth-order valence-corrected chi connectivity index (χ4v) is 2.21. The maximum Gasteiger partial charge on any atom is 0.158 e. The molecular weight excluding hydrogens is 242 g/mol. The van der Waals surface area contributed by atoms with Gasteiger partial charge in [0.1, 0.15) is 0 Å². The lowest BCUT2D eigenvalue weighted by Crippen LogP contribution is -2.55. The molecule has 0 aliphatic heterocycles. The molecule has 0 aliphatic rings. The zero-order chi connectivity index (χ0) is 14.9. The van der Waals surface area contributed by atoms with E-state index in [4.69, 9.17) is 15.2 Å². The monoisotopic (exact) mass is 275 g/mol. The van der Waals surface area contributed by atoms with Crippen molar-refractivity contribution in [1.82, 2.24) is 9.80 Å². The number of likely N-dealkylation sites (N-methyl/N-ethyl adjacent to an activating group) is 1. The van der Waals surface area contributed by atoms with E-state index in [1.165, 1.54) is 0 Å². The summed E-state index contributed by atoms with van der Waals surface area (Å²) in [5.41, 5.74) is 5.94. The summed E-state index contributed by atoms with van der Waals surface area (Å²) in [5, 5.41) is 0. The van der Waals surface area contributed by atoms with E-state index in [1.54, 1.807) is 14.2 Å². The standard InChI is InChI=1S/C14H33N3O2/c1-7-8-17(10-9-16(3)4)14(2,12-15)11-13(18-5)19-6/h13H,7-12,15H2,1-6H3. The van der Waals surface area contributed by atoms with E-state index in [0.717, 1.165) is 32.5 Å². The van der Waals surface area contributed by atoms with Gasteiger partial charge in [0, 0.05) is 45.8 Å². The number of hydrogen-bond acceptors (Lipinski definition) is 5. The third kappa shape index (κ3) is 6.68. The van der Waals surface area contributed by atoms with Crippen molar-refractivity contribution in [2.24, 2.45) is 5.73 Å². The van der Waals surface area contributed by atoms with Crippen LogP contribution in [0.1, 0.15) is 26.7 Å². The summed E-state index contributed by atoms with van der Waals surface area (Å²) in [6.45, 7) is 8.08. The lowest BCUT2D eigenvalue weighted by molar-refractivity contribution is -0.128. The zero-order valence-electron chi connectivity index (χ0n) is 13.6. The van der Waals surface area contributed by atoms with E-state index < -0.39 is 0 Å². The summed E-state index contributed by atoms with van der Waals surface area (Å²) in [5.74, 6) is 0. The van der Waals surface area contributed by atoms with Gasteiger partial charge >= 0.3 is 0 Å². The minimum absolute atomic E-state index is 0.0945. The van der Waals surface area contributed by atoms with Gasteiger partial charge in [-0.1, -0.05) is 6.92 Å². The van der Waals surface area contributed by atoms with Crippen LogP contribution in [0.4, 0.5) is 0 Å². The highest BCUT2D eigenvalue weighted by molar-refractivity contribution is 4.88. The molecule has 2 N–H and O–H groups in total. The van der Waals surface area contributed by atoms with Crippen molar-refractivity contribution in [3.05, 3.63) is 0 Å². The number of ether oxygens (including phenoxy) is 2. The van der Waals surface area contributed by atoms with E-state index in [1.807, 2.05) is 0 Å². The lowest BCUT2D eigenvalue weighted by Gasteiger charge is -2.42. The molecule has 1 unspecified atom stereocenters. The van der Waals surface area contributed by atoms with Gasteiger partial charge in [-0.25, -0.2) is 0 Å². The maximum absolute atomic E-state index is 6.04. The van der Waals surface area contributed by atoms with Gasteiger partial charge in [-0.15, -0.1) is 0 Å². The fourth-order valence-electron chi connectivity index (χ4n) is 2.21. The van der Waals surface area contributed by atoms with Gasteiger partial charge in [0.15, 0.2) is 6.29 Å². The molecule has 0 aromatic heterocycles. The first-order chi connectivity index (χ1) is 8.93. The molecule has 0 saturated carbocycles. The maximum atomic E-state index is 6.04. The molecule has 19 heavy (non-hydrogen) atoms. The van der Waals surface area contributed by atoms with Crippen LogP contribution in [0, 0.1) is 0 Å². The van der Waals surface area contributed by atoms with Gasteiger partial charge in [-0.05, 0) is 34.0 Å². The Bertz CT molecular complexity index is 223. The summed E-state index contributed by atoms with van der Waals surface area (Å²) < 4.78 is 10.7. The van der Waals surface area contributed by atoms with Crippen LogP contribution in [-0.2, 0) is 9.47 Å². The van der Waals surface area contributed by atoms with Crippen molar-refractivity contribution in [2.75, 3.05) is 54.5 Å². The molecule has 0 aromatic rings. The first-order valence-corrected chi connectivity index (χ1v) is 7.09. The highest BCUT2D eigenvalue weighted by atomic mass is 16.7. The Kier molecular flexibility index (Phi) is 9.56. The van der Waals surface area contributed by atoms with E-state index in [0.29, 0.717) is 6.54 Å². The van der Waals surface area contributed by atoms with Crippen LogP contribution >= 0.6 is 0 Å². The predicted molar refractivity (Wildman–Crippen MR) is 80.3 cm³/mol. The predicted octanol–water partition coefficient (Wildman–Crippen LogP) is 0.986. The number of hydrogen-bond donors (Lipinski definition) is 1. The number of nitrogens with zero attached hydrogens (tertiary/aromatic N) is 2. The molecule has 0 aromatic carbocycles. The first kappa shape index (κ1) is 18.8. The third-order valence-corrected chi connectivity index (χ3v) is 3.65. The largest absolute Gasteiger partial charge is 0.356 e. The third-order valence-electron chi connectivity index (χ3n) is 3.65. The topological polar surface area (TPSA) is 51.0 Å². The Hall–Kier alpha value is -0.200.